The summed E-state index contributed by atoms with van der Waals surface area (Å²) in [5.74, 6) is -0.194. The predicted molar refractivity (Wildman–Crippen MR) is 70.0 cm³/mol. The largest absolute Gasteiger partial charge is 0.368 e. The summed E-state index contributed by atoms with van der Waals surface area (Å²) in [5, 5.41) is 0. The van der Waals surface area contributed by atoms with Gasteiger partial charge in [-0.2, -0.15) is 0 Å². The van der Waals surface area contributed by atoms with Crippen LogP contribution in [0.4, 0.5) is 5.69 Å². The van der Waals surface area contributed by atoms with Gasteiger partial charge in [0.1, 0.15) is 5.54 Å². The summed E-state index contributed by atoms with van der Waals surface area (Å²) in [6.45, 7) is 5.04. The van der Waals surface area contributed by atoms with Gasteiger partial charge >= 0.3 is 0 Å². The van der Waals surface area contributed by atoms with E-state index in [0.29, 0.717) is 0 Å². The highest BCUT2D eigenvalue weighted by atomic mass is 16.1. The molecule has 0 spiro atoms. The molecule has 2 N–H and O–H groups in total. The fourth-order valence-corrected chi connectivity index (χ4v) is 2.89. The summed E-state index contributed by atoms with van der Waals surface area (Å²) in [4.78, 5) is 14.0. The number of hydrogen-bond acceptors (Lipinski definition) is 2. The SMILES string of the molecule is CC[C@]1(C(N)=O)CCCN1c1ccccc1C. The maximum absolute atomic E-state index is 11.8. The van der Waals surface area contributed by atoms with Crippen molar-refractivity contribution in [2.75, 3.05) is 11.4 Å². The number of carbonyl (C=O) groups excluding carboxylic acids is 1. The summed E-state index contributed by atoms with van der Waals surface area (Å²) >= 11 is 0. The van der Waals surface area contributed by atoms with E-state index in [4.69, 9.17) is 5.73 Å². The second-order valence-electron chi connectivity index (χ2n) is 4.79. The molecule has 0 radical (unpaired) electrons. The minimum atomic E-state index is -0.480. The van der Waals surface area contributed by atoms with E-state index in [1.807, 2.05) is 19.1 Å². The first-order chi connectivity index (χ1) is 8.12. The Morgan fingerprint density at radius 1 is 1.47 bits per heavy atom. The number of benzene rings is 1. The highest BCUT2D eigenvalue weighted by molar-refractivity contribution is 5.89. The molecule has 1 atom stereocenters. The number of primary amides is 1. The zero-order valence-corrected chi connectivity index (χ0v) is 10.6. The summed E-state index contributed by atoms with van der Waals surface area (Å²) in [7, 11) is 0. The minimum absolute atomic E-state index is 0.194. The highest BCUT2D eigenvalue weighted by Crippen LogP contribution is 2.37. The number of amides is 1. The van der Waals surface area contributed by atoms with Crippen LogP contribution in [0.15, 0.2) is 24.3 Å². The first-order valence-corrected chi connectivity index (χ1v) is 6.25. The molecular weight excluding hydrogens is 212 g/mol. The van der Waals surface area contributed by atoms with E-state index in [1.54, 1.807) is 0 Å². The van der Waals surface area contributed by atoms with Gasteiger partial charge in [0.05, 0.1) is 0 Å². The van der Waals surface area contributed by atoms with E-state index in [2.05, 4.69) is 24.0 Å². The average molecular weight is 232 g/mol. The van der Waals surface area contributed by atoms with Crippen molar-refractivity contribution in [3.63, 3.8) is 0 Å². The fraction of sp³-hybridized carbons (Fsp3) is 0.500. The molecular formula is C14H20N2O. The molecule has 92 valence electrons. The monoisotopic (exact) mass is 232 g/mol. The van der Waals surface area contributed by atoms with Crippen LogP contribution in [0.1, 0.15) is 31.7 Å². The zero-order valence-electron chi connectivity index (χ0n) is 10.6. The van der Waals surface area contributed by atoms with Crippen molar-refractivity contribution in [1.82, 2.24) is 0 Å². The molecule has 1 aromatic carbocycles. The third-order valence-electron chi connectivity index (χ3n) is 3.94. The highest BCUT2D eigenvalue weighted by Gasteiger charge is 2.44. The van der Waals surface area contributed by atoms with Crippen molar-refractivity contribution in [1.29, 1.82) is 0 Å². The van der Waals surface area contributed by atoms with Gasteiger partial charge in [-0.25, -0.2) is 0 Å². The molecule has 1 fully saturated rings. The van der Waals surface area contributed by atoms with E-state index < -0.39 is 5.54 Å². The molecule has 1 saturated heterocycles. The maximum Gasteiger partial charge on any atom is 0.243 e. The lowest BCUT2D eigenvalue weighted by atomic mass is 9.91. The van der Waals surface area contributed by atoms with Gasteiger partial charge < -0.3 is 10.6 Å². The lowest BCUT2D eigenvalue weighted by Crippen LogP contribution is -2.54. The van der Waals surface area contributed by atoms with E-state index in [-0.39, 0.29) is 5.91 Å². The van der Waals surface area contributed by atoms with Gasteiger partial charge in [0.25, 0.3) is 0 Å². The summed E-state index contributed by atoms with van der Waals surface area (Å²) in [6.07, 6.45) is 2.68. The van der Waals surface area contributed by atoms with E-state index in [1.165, 1.54) is 5.56 Å². The third kappa shape index (κ3) is 1.79. The summed E-state index contributed by atoms with van der Waals surface area (Å²) in [5.41, 5.74) is 7.51. The number of rotatable bonds is 3. The first kappa shape index (κ1) is 12.0. The quantitative estimate of drug-likeness (QED) is 0.868. The molecule has 0 aliphatic carbocycles. The van der Waals surface area contributed by atoms with Gasteiger partial charge in [-0.15, -0.1) is 0 Å². The number of aryl methyl sites for hydroxylation is 1. The Labute approximate surface area is 103 Å². The second kappa shape index (κ2) is 4.40. The number of anilines is 1. The molecule has 1 aliphatic rings. The zero-order chi connectivity index (χ0) is 12.5. The van der Waals surface area contributed by atoms with Gasteiger partial charge in [-0.05, 0) is 37.8 Å². The van der Waals surface area contributed by atoms with Crippen LogP contribution in [0.25, 0.3) is 0 Å². The van der Waals surface area contributed by atoms with Crippen LogP contribution in [0.5, 0.6) is 0 Å². The van der Waals surface area contributed by atoms with Crippen molar-refractivity contribution in [3.8, 4) is 0 Å². The molecule has 0 saturated carbocycles. The van der Waals surface area contributed by atoms with Gasteiger partial charge in [0, 0.05) is 12.2 Å². The Morgan fingerprint density at radius 3 is 2.76 bits per heavy atom. The number of nitrogens with zero attached hydrogens (tertiary/aromatic N) is 1. The average Bonchev–Trinajstić information content (AvgIpc) is 2.74. The van der Waals surface area contributed by atoms with Crippen LogP contribution in [0.3, 0.4) is 0 Å². The molecule has 3 nitrogen and oxygen atoms in total. The lowest BCUT2D eigenvalue weighted by molar-refractivity contribution is -0.123. The molecule has 1 amide bonds. The molecule has 1 aliphatic heterocycles. The van der Waals surface area contributed by atoms with Gasteiger partial charge in [0.2, 0.25) is 5.91 Å². The normalized spacial score (nSPS) is 24.0. The topological polar surface area (TPSA) is 46.3 Å². The number of carbonyl (C=O) groups is 1. The molecule has 17 heavy (non-hydrogen) atoms. The van der Waals surface area contributed by atoms with Crippen molar-refractivity contribution < 1.29 is 4.79 Å². The molecule has 1 aromatic rings. The van der Waals surface area contributed by atoms with Gasteiger partial charge in [0.15, 0.2) is 0 Å². The third-order valence-corrected chi connectivity index (χ3v) is 3.94. The second-order valence-corrected chi connectivity index (χ2v) is 4.79. The summed E-state index contributed by atoms with van der Waals surface area (Å²) < 4.78 is 0. The Morgan fingerprint density at radius 2 is 2.18 bits per heavy atom. The molecule has 0 aromatic heterocycles. The molecule has 3 heteroatoms. The standard InChI is InChI=1S/C14H20N2O/c1-3-14(13(15)17)9-6-10-16(14)12-8-5-4-7-11(12)2/h4-5,7-8H,3,6,9-10H2,1-2H3,(H2,15,17)/t14-/m1/s1. The Hall–Kier alpha value is -1.51. The molecule has 0 bridgehead atoms. The lowest BCUT2D eigenvalue weighted by Gasteiger charge is -2.37. The number of nitrogens with two attached hydrogens (primary N) is 1. The van der Waals surface area contributed by atoms with E-state index in [9.17, 15) is 4.79 Å². The van der Waals surface area contributed by atoms with Crippen molar-refractivity contribution in [2.24, 2.45) is 5.73 Å². The summed E-state index contributed by atoms with van der Waals surface area (Å²) in [6, 6.07) is 8.19. The van der Waals surface area contributed by atoms with Crippen LogP contribution in [0, 0.1) is 6.92 Å². The fourth-order valence-electron chi connectivity index (χ4n) is 2.89. The Balaban J connectivity index is 2.44. The van der Waals surface area contributed by atoms with Gasteiger partial charge in [-0.3, -0.25) is 4.79 Å². The van der Waals surface area contributed by atoms with Crippen molar-refractivity contribution in [2.45, 2.75) is 38.6 Å². The van der Waals surface area contributed by atoms with Crippen LogP contribution in [-0.4, -0.2) is 18.0 Å². The Kier molecular flexibility index (Phi) is 3.09. The van der Waals surface area contributed by atoms with E-state index in [0.717, 1.165) is 31.5 Å². The smallest absolute Gasteiger partial charge is 0.243 e. The molecule has 0 unspecified atom stereocenters. The maximum atomic E-state index is 11.8. The molecule has 1 heterocycles. The van der Waals surface area contributed by atoms with Crippen LogP contribution < -0.4 is 10.6 Å². The van der Waals surface area contributed by atoms with Gasteiger partial charge in [-0.1, -0.05) is 25.1 Å². The van der Waals surface area contributed by atoms with E-state index >= 15 is 0 Å². The number of para-hydroxylation sites is 1. The molecule has 2 rings (SSSR count). The Bertz CT molecular complexity index is 430. The van der Waals surface area contributed by atoms with Crippen LogP contribution >= 0.6 is 0 Å². The predicted octanol–water partition coefficient (Wildman–Crippen LogP) is 2.23. The van der Waals surface area contributed by atoms with Crippen LogP contribution in [-0.2, 0) is 4.79 Å². The number of hydrogen-bond donors (Lipinski definition) is 1. The minimum Gasteiger partial charge on any atom is -0.368 e. The van der Waals surface area contributed by atoms with Crippen molar-refractivity contribution >= 4 is 11.6 Å². The van der Waals surface area contributed by atoms with Crippen LogP contribution in [0.2, 0.25) is 0 Å². The first-order valence-electron chi connectivity index (χ1n) is 6.25. The van der Waals surface area contributed by atoms with Crippen molar-refractivity contribution in [3.05, 3.63) is 29.8 Å².